The number of Topliss-reactive ketones (excluding diaryl/α,β-unsaturated/α-hetero) is 1. The van der Waals surface area contributed by atoms with Crippen molar-refractivity contribution in [3.63, 3.8) is 0 Å². The maximum atomic E-state index is 12.7. The molecule has 4 aliphatic carbocycles. The summed E-state index contributed by atoms with van der Waals surface area (Å²) in [6.07, 6.45) is 7.84. The largest absolute Gasteiger partial charge is 0.464 e. The van der Waals surface area contributed by atoms with Crippen molar-refractivity contribution in [2.45, 2.75) is 96.8 Å². The van der Waals surface area contributed by atoms with E-state index in [-0.39, 0.29) is 23.2 Å². The first-order valence-corrected chi connectivity index (χ1v) is 15.8. The first-order valence-electron chi connectivity index (χ1n) is 15.8. The van der Waals surface area contributed by atoms with Gasteiger partial charge < -0.3 is 25.1 Å². The Morgan fingerprint density at radius 2 is 1.77 bits per heavy atom. The lowest BCUT2D eigenvalue weighted by atomic mass is 9.46. The molecule has 234 valence electrons. The Kier molecular flexibility index (Phi) is 8.87. The average molecular weight is 595 g/mol. The molecule has 1 aromatic rings. The van der Waals surface area contributed by atoms with Gasteiger partial charge in [0.15, 0.2) is 18.4 Å². The van der Waals surface area contributed by atoms with Gasteiger partial charge in [-0.05, 0) is 100 Å². The quantitative estimate of drug-likeness (QED) is 0.285. The van der Waals surface area contributed by atoms with Crippen LogP contribution in [0.1, 0.15) is 90.7 Å². The van der Waals surface area contributed by atoms with E-state index in [4.69, 9.17) is 9.57 Å². The Labute approximate surface area is 254 Å². The number of oxime groups is 1. The summed E-state index contributed by atoms with van der Waals surface area (Å²) in [5, 5.41) is 29.0. The van der Waals surface area contributed by atoms with E-state index in [2.05, 4.69) is 30.4 Å². The molecule has 1 aromatic carbocycles. The normalized spacial score (nSPS) is 35.4. The lowest BCUT2D eigenvalue weighted by Gasteiger charge is -2.59. The molecule has 9 heteroatoms. The van der Waals surface area contributed by atoms with Crippen molar-refractivity contribution in [3.05, 3.63) is 47.5 Å². The zero-order valence-electron chi connectivity index (χ0n) is 25.8. The second kappa shape index (κ2) is 12.2. The molecule has 5 rings (SSSR count). The number of benzene rings is 1. The van der Waals surface area contributed by atoms with E-state index in [0.29, 0.717) is 29.7 Å². The van der Waals surface area contributed by atoms with Crippen molar-refractivity contribution in [1.82, 2.24) is 5.32 Å². The van der Waals surface area contributed by atoms with Crippen LogP contribution in [0.2, 0.25) is 0 Å². The third kappa shape index (κ3) is 5.55. The molecule has 0 unspecified atom stereocenters. The highest BCUT2D eigenvalue weighted by molar-refractivity contribution is 5.96. The van der Waals surface area contributed by atoms with Crippen LogP contribution in [0.5, 0.6) is 0 Å². The number of aliphatic hydroxyl groups excluding tert-OH is 1. The van der Waals surface area contributed by atoms with Crippen molar-refractivity contribution in [2.75, 3.05) is 13.2 Å². The number of allylic oxidation sites excluding steroid dienone is 2. The molecule has 3 saturated carbocycles. The lowest BCUT2D eigenvalue weighted by molar-refractivity contribution is -0.159. The van der Waals surface area contributed by atoms with Crippen LogP contribution in [0.4, 0.5) is 0 Å². The van der Waals surface area contributed by atoms with Gasteiger partial charge in [-0.15, -0.1) is 0 Å². The van der Waals surface area contributed by atoms with E-state index in [1.807, 2.05) is 0 Å². The topological polar surface area (TPSA) is 135 Å². The van der Waals surface area contributed by atoms with E-state index in [9.17, 15) is 24.6 Å². The number of hydrogen-bond acceptors (Lipinski definition) is 8. The third-order valence-corrected chi connectivity index (χ3v) is 11.4. The first-order chi connectivity index (χ1) is 20.4. The molecule has 3 fully saturated rings. The van der Waals surface area contributed by atoms with Crippen molar-refractivity contribution < 1.29 is 34.2 Å². The summed E-state index contributed by atoms with van der Waals surface area (Å²) in [6, 6.07) is 7.36. The number of aliphatic hydroxyl groups is 2. The maximum Gasteiger partial charge on any atom is 0.331 e. The van der Waals surface area contributed by atoms with E-state index in [0.717, 1.165) is 50.7 Å². The van der Waals surface area contributed by atoms with Gasteiger partial charge in [0.1, 0.15) is 11.7 Å². The van der Waals surface area contributed by atoms with E-state index >= 15 is 0 Å². The summed E-state index contributed by atoms with van der Waals surface area (Å²) >= 11 is 0. The highest BCUT2D eigenvalue weighted by atomic mass is 16.6. The Balaban J connectivity index is 1.22. The van der Waals surface area contributed by atoms with Gasteiger partial charge >= 0.3 is 5.97 Å². The summed E-state index contributed by atoms with van der Waals surface area (Å²) in [4.78, 5) is 43.2. The zero-order chi connectivity index (χ0) is 31.0. The Bertz CT molecular complexity index is 1290. The molecule has 3 N–H and O–H groups in total. The molecule has 0 bridgehead atoms. The minimum atomic E-state index is -1.28. The fourth-order valence-electron chi connectivity index (χ4n) is 8.97. The highest BCUT2D eigenvalue weighted by Gasteiger charge is 2.65. The van der Waals surface area contributed by atoms with E-state index in [1.165, 1.54) is 5.57 Å². The number of ketones is 1. The molecular weight excluding hydrogens is 548 g/mol. The molecule has 0 spiro atoms. The van der Waals surface area contributed by atoms with Gasteiger partial charge in [0.25, 0.3) is 5.91 Å². The van der Waals surface area contributed by atoms with Crippen LogP contribution in [0.25, 0.3) is 0 Å². The molecule has 9 nitrogen and oxygen atoms in total. The summed E-state index contributed by atoms with van der Waals surface area (Å²) in [6.45, 7) is 7.44. The number of amides is 1. The second-order valence-electron chi connectivity index (χ2n) is 13.4. The molecule has 0 aliphatic heterocycles. The number of carbonyl (C=O) groups excluding carboxylic acids is 3. The number of ether oxygens (including phenoxy) is 1. The Hall–Kier alpha value is -3.04. The molecule has 0 heterocycles. The number of rotatable bonds is 9. The molecule has 8 atom stereocenters. The van der Waals surface area contributed by atoms with Crippen LogP contribution in [0.3, 0.4) is 0 Å². The van der Waals surface area contributed by atoms with E-state index in [1.54, 1.807) is 44.2 Å². The number of fused-ring (bicyclic) bond motifs is 5. The van der Waals surface area contributed by atoms with Crippen LogP contribution >= 0.6 is 0 Å². The van der Waals surface area contributed by atoms with Crippen molar-refractivity contribution in [1.29, 1.82) is 0 Å². The van der Waals surface area contributed by atoms with Crippen molar-refractivity contribution >= 4 is 23.4 Å². The number of nitrogens with zero attached hydrogens (tertiary/aromatic N) is 1. The molecule has 1 amide bonds. The lowest BCUT2D eigenvalue weighted by Crippen LogP contribution is -2.57. The summed E-state index contributed by atoms with van der Waals surface area (Å²) in [5.74, 6) is -0.0466. The summed E-state index contributed by atoms with van der Waals surface area (Å²) in [7, 11) is 0. The standard InChI is InChI=1S/C34H46N2O7/c1-5-42-31(40)29(30(39)22-9-7-6-8-10-22)35-28(38)20-43-36-24-13-16-32(3)23(19-24)11-12-25-26(32)14-17-33(4)27(25)15-18-34(33,41)21(2)37/h6-10,19,25-27,29-30,39,41H,5,11-18,20H2,1-4H3,(H,35,38)/b36-24+/t25-,26-,27-,29+,30+,32-,33-,34-/m0/s1. The van der Waals surface area contributed by atoms with Crippen molar-refractivity contribution in [3.8, 4) is 0 Å². The van der Waals surface area contributed by atoms with Gasteiger partial charge in [-0.3, -0.25) is 9.59 Å². The van der Waals surface area contributed by atoms with Crippen molar-refractivity contribution in [2.24, 2.45) is 33.7 Å². The van der Waals surface area contributed by atoms with Gasteiger partial charge in [0, 0.05) is 5.41 Å². The maximum absolute atomic E-state index is 12.7. The predicted octanol–water partition coefficient (Wildman–Crippen LogP) is 4.42. The second-order valence-corrected chi connectivity index (χ2v) is 13.4. The highest BCUT2D eigenvalue weighted by Crippen LogP contribution is 2.67. The number of carbonyl (C=O) groups is 3. The Morgan fingerprint density at radius 1 is 1.05 bits per heavy atom. The van der Waals surface area contributed by atoms with Crippen LogP contribution in [-0.2, 0) is 24.0 Å². The molecule has 0 aromatic heterocycles. The van der Waals surface area contributed by atoms with Crippen LogP contribution < -0.4 is 5.32 Å². The molecule has 0 radical (unpaired) electrons. The van der Waals surface area contributed by atoms with Crippen LogP contribution in [0, 0.1) is 28.6 Å². The molecular formula is C34H46N2O7. The van der Waals surface area contributed by atoms with Gasteiger partial charge in [-0.25, -0.2) is 4.79 Å². The first kappa shape index (κ1) is 31.4. The molecule has 0 saturated heterocycles. The summed E-state index contributed by atoms with van der Waals surface area (Å²) in [5.41, 5.74) is 1.13. The van der Waals surface area contributed by atoms with Gasteiger partial charge in [0.05, 0.1) is 12.3 Å². The Morgan fingerprint density at radius 3 is 2.47 bits per heavy atom. The van der Waals surface area contributed by atoms with Crippen LogP contribution in [0.15, 0.2) is 47.1 Å². The number of esters is 1. The van der Waals surface area contributed by atoms with Gasteiger partial charge in [0.2, 0.25) is 0 Å². The smallest absolute Gasteiger partial charge is 0.331 e. The predicted molar refractivity (Wildman–Crippen MR) is 161 cm³/mol. The zero-order valence-corrected chi connectivity index (χ0v) is 25.8. The minimum Gasteiger partial charge on any atom is -0.464 e. The fourth-order valence-corrected chi connectivity index (χ4v) is 8.97. The summed E-state index contributed by atoms with van der Waals surface area (Å²) < 4.78 is 5.08. The number of nitrogens with one attached hydrogen (secondary N) is 1. The monoisotopic (exact) mass is 594 g/mol. The van der Waals surface area contributed by atoms with Gasteiger partial charge in [-0.1, -0.05) is 54.9 Å². The SMILES string of the molecule is CCOC(=O)[C@H](NC(=O)CO/N=C1/C=C2CC[C@H]3[C@H](CC[C@@]4(C)[C@H]3CC[C@]4(O)C(C)=O)[C@@]2(C)CC1)[C@H](O)c1ccccc1. The average Bonchev–Trinajstić information content (AvgIpc) is 3.27. The van der Waals surface area contributed by atoms with Gasteiger partial charge in [-0.2, -0.15) is 0 Å². The molecule has 43 heavy (non-hydrogen) atoms. The fraction of sp³-hybridized carbons (Fsp3) is 0.647. The van der Waals surface area contributed by atoms with Crippen LogP contribution in [-0.4, -0.2) is 58.4 Å². The third-order valence-electron chi connectivity index (χ3n) is 11.4. The minimum absolute atomic E-state index is 0.0397. The number of hydrogen-bond donors (Lipinski definition) is 3. The molecule has 4 aliphatic rings. The van der Waals surface area contributed by atoms with E-state index < -0.39 is 36.2 Å².